The van der Waals surface area contributed by atoms with Gasteiger partial charge in [0.2, 0.25) is 5.89 Å². The molecule has 1 aromatic rings. The lowest BCUT2D eigenvalue weighted by atomic mass is 10.3. The number of aliphatic carboxylic acids is 1. The highest BCUT2D eigenvalue weighted by atomic mass is 16.4. The van der Waals surface area contributed by atoms with Gasteiger partial charge in [0.15, 0.2) is 0 Å². The molecule has 0 atom stereocenters. The van der Waals surface area contributed by atoms with Gasteiger partial charge in [-0.1, -0.05) is 5.10 Å². The summed E-state index contributed by atoms with van der Waals surface area (Å²) in [6, 6.07) is -0.0367. The monoisotopic (exact) mass is 157 g/mol. The molecule has 1 heterocycles. The maximum Gasteiger partial charge on any atom is 0.312 e. The lowest BCUT2D eigenvalue weighted by Crippen LogP contribution is -1.97. The molecule has 0 unspecified atom stereocenters. The third kappa shape index (κ3) is 2.24. The highest BCUT2D eigenvalue weighted by Crippen LogP contribution is 2.02. The molecular formula is C5H7N3O3. The Morgan fingerprint density at radius 3 is 2.82 bits per heavy atom. The van der Waals surface area contributed by atoms with Crippen LogP contribution in [0.4, 0.5) is 6.01 Å². The molecule has 1 aromatic heterocycles. The first kappa shape index (κ1) is 7.52. The molecule has 60 valence electrons. The van der Waals surface area contributed by atoms with Crippen molar-refractivity contribution in [2.75, 3.05) is 5.73 Å². The van der Waals surface area contributed by atoms with E-state index in [2.05, 4.69) is 10.2 Å². The van der Waals surface area contributed by atoms with Crippen molar-refractivity contribution in [1.82, 2.24) is 10.2 Å². The minimum absolute atomic E-state index is 0.0262. The Balaban J connectivity index is 2.45. The molecule has 0 aliphatic carbocycles. The molecule has 0 radical (unpaired) electrons. The van der Waals surface area contributed by atoms with Crippen molar-refractivity contribution in [2.24, 2.45) is 0 Å². The van der Waals surface area contributed by atoms with Gasteiger partial charge in [0, 0.05) is 6.42 Å². The molecule has 0 spiro atoms. The van der Waals surface area contributed by atoms with Crippen LogP contribution >= 0.6 is 0 Å². The predicted molar refractivity (Wildman–Crippen MR) is 34.7 cm³/mol. The van der Waals surface area contributed by atoms with E-state index in [1.165, 1.54) is 0 Å². The Hall–Kier alpha value is -1.59. The lowest BCUT2D eigenvalue weighted by Gasteiger charge is -1.87. The molecule has 0 saturated carbocycles. The number of carboxylic acids is 1. The highest BCUT2D eigenvalue weighted by Gasteiger charge is 2.04. The summed E-state index contributed by atoms with van der Waals surface area (Å²) < 4.78 is 4.73. The van der Waals surface area contributed by atoms with E-state index in [-0.39, 0.29) is 24.7 Å². The first-order chi connectivity index (χ1) is 5.18. The molecule has 0 aliphatic rings. The standard InChI is InChI=1S/C5H7N3O3/c6-5-8-7-3(11-5)1-2-4(9)10/h1-2H2,(H2,6,8)(H,9,10). The van der Waals surface area contributed by atoms with Crippen molar-refractivity contribution in [3.63, 3.8) is 0 Å². The lowest BCUT2D eigenvalue weighted by molar-refractivity contribution is -0.137. The fraction of sp³-hybridized carbons (Fsp3) is 0.400. The van der Waals surface area contributed by atoms with Gasteiger partial charge in [0.1, 0.15) is 0 Å². The Labute approximate surface area is 62.0 Å². The van der Waals surface area contributed by atoms with Crippen LogP contribution in [0.15, 0.2) is 4.42 Å². The normalized spacial score (nSPS) is 9.82. The largest absolute Gasteiger partial charge is 0.481 e. The van der Waals surface area contributed by atoms with Crippen molar-refractivity contribution in [3.8, 4) is 0 Å². The molecule has 0 amide bonds. The van der Waals surface area contributed by atoms with E-state index in [1.807, 2.05) is 0 Å². The van der Waals surface area contributed by atoms with E-state index in [4.69, 9.17) is 15.3 Å². The number of hydrogen-bond acceptors (Lipinski definition) is 5. The van der Waals surface area contributed by atoms with E-state index >= 15 is 0 Å². The first-order valence-corrected chi connectivity index (χ1v) is 2.98. The summed E-state index contributed by atoms with van der Waals surface area (Å²) in [6.45, 7) is 0. The van der Waals surface area contributed by atoms with Crippen LogP contribution in [0.3, 0.4) is 0 Å². The van der Waals surface area contributed by atoms with Gasteiger partial charge >= 0.3 is 12.0 Å². The van der Waals surface area contributed by atoms with Crippen molar-refractivity contribution in [3.05, 3.63) is 5.89 Å². The Morgan fingerprint density at radius 2 is 2.36 bits per heavy atom. The molecule has 0 fully saturated rings. The first-order valence-electron chi connectivity index (χ1n) is 2.98. The third-order valence-corrected chi connectivity index (χ3v) is 1.04. The molecule has 0 bridgehead atoms. The fourth-order valence-electron chi connectivity index (χ4n) is 0.581. The van der Waals surface area contributed by atoms with E-state index in [0.29, 0.717) is 0 Å². The minimum atomic E-state index is -0.901. The number of aryl methyl sites for hydroxylation is 1. The van der Waals surface area contributed by atoms with Crippen LogP contribution in [0.5, 0.6) is 0 Å². The van der Waals surface area contributed by atoms with E-state index < -0.39 is 5.97 Å². The number of aromatic nitrogens is 2. The van der Waals surface area contributed by atoms with Crippen molar-refractivity contribution < 1.29 is 14.3 Å². The summed E-state index contributed by atoms with van der Waals surface area (Å²) in [4.78, 5) is 10.1. The van der Waals surface area contributed by atoms with Crippen LogP contribution in [-0.4, -0.2) is 21.3 Å². The molecule has 6 heteroatoms. The summed E-state index contributed by atoms with van der Waals surface area (Å²) in [5, 5.41) is 15.1. The Bertz CT molecular complexity index is 257. The second-order valence-electron chi connectivity index (χ2n) is 1.93. The SMILES string of the molecule is Nc1nnc(CCC(=O)O)o1. The zero-order valence-electron chi connectivity index (χ0n) is 5.65. The van der Waals surface area contributed by atoms with Crippen LogP contribution in [0, 0.1) is 0 Å². The summed E-state index contributed by atoms with van der Waals surface area (Å²) in [6.07, 6.45) is 0.196. The number of anilines is 1. The molecule has 3 N–H and O–H groups in total. The zero-order valence-corrected chi connectivity index (χ0v) is 5.65. The smallest absolute Gasteiger partial charge is 0.312 e. The van der Waals surface area contributed by atoms with Crippen LogP contribution in [0.2, 0.25) is 0 Å². The number of nitrogen functional groups attached to an aromatic ring is 1. The second kappa shape index (κ2) is 3.00. The molecular weight excluding hydrogens is 150 g/mol. The van der Waals surface area contributed by atoms with Crippen LogP contribution in [0.25, 0.3) is 0 Å². The van der Waals surface area contributed by atoms with Crippen LogP contribution in [-0.2, 0) is 11.2 Å². The van der Waals surface area contributed by atoms with Crippen LogP contribution < -0.4 is 5.73 Å². The van der Waals surface area contributed by atoms with Gasteiger partial charge < -0.3 is 15.3 Å². The summed E-state index contributed by atoms with van der Waals surface area (Å²) >= 11 is 0. The topological polar surface area (TPSA) is 102 Å². The number of nitrogens with two attached hydrogens (primary N) is 1. The van der Waals surface area contributed by atoms with Crippen molar-refractivity contribution in [1.29, 1.82) is 0 Å². The average molecular weight is 157 g/mol. The van der Waals surface area contributed by atoms with E-state index in [1.54, 1.807) is 0 Å². The van der Waals surface area contributed by atoms with Crippen molar-refractivity contribution >= 4 is 12.0 Å². The van der Waals surface area contributed by atoms with Gasteiger partial charge in [-0.3, -0.25) is 4.79 Å². The predicted octanol–water partition coefficient (Wildman–Crippen LogP) is -0.331. The van der Waals surface area contributed by atoms with Gasteiger partial charge in [-0.15, -0.1) is 5.10 Å². The molecule has 0 aliphatic heterocycles. The second-order valence-corrected chi connectivity index (χ2v) is 1.93. The number of hydrogen-bond donors (Lipinski definition) is 2. The quantitative estimate of drug-likeness (QED) is 0.622. The molecule has 0 saturated heterocycles. The molecule has 11 heavy (non-hydrogen) atoms. The van der Waals surface area contributed by atoms with Gasteiger partial charge in [0.25, 0.3) is 0 Å². The Morgan fingerprint density at radius 1 is 1.64 bits per heavy atom. The number of rotatable bonds is 3. The number of nitrogens with zero attached hydrogens (tertiary/aromatic N) is 2. The van der Waals surface area contributed by atoms with Crippen molar-refractivity contribution in [2.45, 2.75) is 12.8 Å². The molecule has 1 rings (SSSR count). The summed E-state index contributed by atoms with van der Waals surface area (Å²) in [5.74, 6) is -0.647. The summed E-state index contributed by atoms with van der Waals surface area (Å²) in [5.41, 5.74) is 5.10. The zero-order chi connectivity index (χ0) is 8.27. The van der Waals surface area contributed by atoms with Gasteiger partial charge in [-0.05, 0) is 0 Å². The fourth-order valence-corrected chi connectivity index (χ4v) is 0.581. The maximum atomic E-state index is 10.1. The minimum Gasteiger partial charge on any atom is -0.481 e. The van der Waals surface area contributed by atoms with Gasteiger partial charge in [-0.2, -0.15) is 0 Å². The average Bonchev–Trinajstić information content (AvgIpc) is 2.31. The van der Waals surface area contributed by atoms with E-state index in [0.717, 1.165) is 0 Å². The highest BCUT2D eigenvalue weighted by molar-refractivity contribution is 5.66. The maximum absolute atomic E-state index is 10.1. The van der Waals surface area contributed by atoms with Gasteiger partial charge in [0.05, 0.1) is 6.42 Å². The van der Waals surface area contributed by atoms with E-state index in [9.17, 15) is 4.79 Å². The number of carbonyl (C=O) groups is 1. The molecule has 0 aromatic carbocycles. The third-order valence-electron chi connectivity index (χ3n) is 1.04. The molecule has 6 nitrogen and oxygen atoms in total. The number of carboxylic acid groups (broad SMARTS) is 1. The van der Waals surface area contributed by atoms with Crippen LogP contribution in [0.1, 0.15) is 12.3 Å². The Kier molecular flexibility index (Phi) is 2.05. The van der Waals surface area contributed by atoms with Gasteiger partial charge in [-0.25, -0.2) is 0 Å². The summed E-state index contributed by atoms with van der Waals surface area (Å²) in [7, 11) is 0.